The molecule has 0 bridgehead atoms. The molecule has 0 radical (unpaired) electrons. The van der Waals surface area contributed by atoms with E-state index in [1.54, 1.807) is 0 Å². The Morgan fingerprint density at radius 3 is 2.09 bits per heavy atom. The van der Waals surface area contributed by atoms with Crippen molar-refractivity contribution in [2.75, 3.05) is 0 Å². The number of nitrogens with zero attached hydrogens (tertiary/aromatic N) is 2. The lowest BCUT2D eigenvalue weighted by Crippen LogP contribution is -1.86. The van der Waals surface area contributed by atoms with Crippen molar-refractivity contribution >= 4 is 59.9 Å². The van der Waals surface area contributed by atoms with E-state index in [1.165, 1.54) is 71.0 Å². The summed E-state index contributed by atoms with van der Waals surface area (Å²) in [6, 6.07) is 37.7. The van der Waals surface area contributed by atoms with Crippen LogP contribution in [0, 0.1) is 0 Å². The number of benzene rings is 5. The Morgan fingerprint density at radius 1 is 0.455 bits per heavy atom. The zero-order valence-electron chi connectivity index (χ0n) is 18.2. The Morgan fingerprint density at radius 2 is 1.18 bits per heavy atom. The monoisotopic (exact) mass is 420 g/mol. The van der Waals surface area contributed by atoms with Crippen LogP contribution in [0.4, 0.5) is 0 Å². The van der Waals surface area contributed by atoms with Gasteiger partial charge in [-0.25, -0.2) is 0 Å². The number of para-hydroxylation sites is 2. The van der Waals surface area contributed by atoms with Gasteiger partial charge in [-0.2, -0.15) is 0 Å². The van der Waals surface area contributed by atoms with Crippen LogP contribution in [-0.4, -0.2) is 8.97 Å². The van der Waals surface area contributed by atoms with Crippen LogP contribution in [0.3, 0.4) is 0 Å². The SMILES string of the molecule is Cn1c2ccccc2c2c3c4cccc5c6ccc(-c7ccccc7)cc6n(c3ccc21)c54. The van der Waals surface area contributed by atoms with Gasteiger partial charge in [0.1, 0.15) is 0 Å². The molecule has 3 aromatic heterocycles. The molecule has 0 saturated carbocycles. The molecule has 2 heteroatoms. The third-order valence-corrected chi connectivity index (χ3v) is 7.46. The van der Waals surface area contributed by atoms with Crippen molar-refractivity contribution in [1.82, 2.24) is 8.97 Å². The normalized spacial score (nSPS) is 12.4. The molecule has 0 atom stereocenters. The summed E-state index contributed by atoms with van der Waals surface area (Å²) < 4.78 is 4.81. The lowest BCUT2D eigenvalue weighted by molar-refractivity contribution is 1.01. The predicted octanol–water partition coefficient (Wildman–Crippen LogP) is 8.15. The third kappa shape index (κ3) is 2.04. The second-order valence-electron chi connectivity index (χ2n) is 9.07. The fourth-order valence-corrected chi connectivity index (χ4v) is 6.03. The van der Waals surface area contributed by atoms with Crippen LogP contribution in [-0.2, 0) is 7.05 Å². The van der Waals surface area contributed by atoms with Crippen molar-refractivity contribution in [1.29, 1.82) is 0 Å². The summed E-state index contributed by atoms with van der Waals surface area (Å²) in [5.41, 5.74) is 8.95. The maximum absolute atomic E-state index is 2.49. The highest BCUT2D eigenvalue weighted by atomic mass is 14.9. The first-order valence-corrected chi connectivity index (χ1v) is 11.4. The topological polar surface area (TPSA) is 9.34 Å². The summed E-state index contributed by atoms with van der Waals surface area (Å²) in [5.74, 6) is 0. The zero-order chi connectivity index (χ0) is 21.7. The number of hydrogen-bond acceptors (Lipinski definition) is 0. The molecule has 3 heterocycles. The van der Waals surface area contributed by atoms with Crippen molar-refractivity contribution in [2.24, 2.45) is 7.05 Å². The van der Waals surface area contributed by atoms with Gasteiger partial charge in [0, 0.05) is 50.4 Å². The van der Waals surface area contributed by atoms with E-state index < -0.39 is 0 Å². The van der Waals surface area contributed by atoms with Gasteiger partial charge in [-0.05, 0) is 35.4 Å². The average Bonchev–Trinajstić information content (AvgIpc) is 3.49. The van der Waals surface area contributed by atoms with Gasteiger partial charge >= 0.3 is 0 Å². The first-order chi connectivity index (χ1) is 16.3. The van der Waals surface area contributed by atoms with Crippen LogP contribution in [0.15, 0.2) is 103 Å². The fourth-order valence-electron chi connectivity index (χ4n) is 6.03. The van der Waals surface area contributed by atoms with E-state index in [4.69, 9.17) is 0 Å². The second kappa shape index (κ2) is 5.93. The molecule has 0 amide bonds. The summed E-state index contributed by atoms with van der Waals surface area (Å²) in [6.07, 6.45) is 0. The van der Waals surface area contributed by atoms with Crippen molar-refractivity contribution in [2.45, 2.75) is 0 Å². The summed E-state index contributed by atoms with van der Waals surface area (Å²) in [6.45, 7) is 0. The van der Waals surface area contributed by atoms with E-state index in [0.717, 1.165) is 0 Å². The molecule has 0 spiro atoms. The summed E-state index contributed by atoms with van der Waals surface area (Å²) in [5, 5.41) is 8.01. The molecule has 8 rings (SSSR count). The molecule has 154 valence electrons. The van der Waals surface area contributed by atoms with Crippen LogP contribution in [0.1, 0.15) is 0 Å². The Kier molecular flexibility index (Phi) is 3.11. The minimum Gasteiger partial charge on any atom is -0.344 e. The van der Waals surface area contributed by atoms with E-state index >= 15 is 0 Å². The van der Waals surface area contributed by atoms with Gasteiger partial charge in [0.25, 0.3) is 0 Å². The van der Waals surface area contributed by atoms with Crippen LogP contribution >= 0.6 is 0 Å². The van der Waals surface area contributed by atoms with Gasteiger partial charge in [-0.1, -0.05) is 78.9 Å². The first kappa shape index (κ1) is 17.3. The highest BCUT2D eigenvalue weighted by Crippen LogP contribution is 2.44. The van der Waals surface area contributed by atoms with Gasteiger partial charge in [-0.3, -0.25) is 0 Å². The molecule has 0 aliphatic carbocycles. The number of aryl methyl sites for hydroxylation is 1. The van der Waals surface area contributed by atoms with E-state index in [9.17, 15) is 0 Å². The van der Waals surface area contributed by atoms with Crippen molar-refractivity contribution in [3.05, 3.63) is 103 Å². The summed E-state index contributed by atoms with van der Waals surface area (Å²) in [4.78, 5) is 0. The Bertz CT molecular complexity index is 2020. The lowest BCUT2D eigenvalue weighted by atomic mass is 10.0. The lowest BCUT2D eigenvalue weighted by Gasteiger charge is -2.04. The highest BCUT2D eigenvalue weighted by Gasteiger charge is 2.21. The summed E-state index contributed by atoms with van der Waals surface area (Å²) >= 11 is 0. The maximum Gasteiger partial charge on any atom is 0.0620 e. The van der Waals surface area contributed by atoms with Crippen molar-refractivity contribution in [3.63, 3.8) is 0 Å². The minimum absolute atomic E-state index is 1.25. The standard InChI is InChI=1S/C31H20N2/c1-32-25-13-6-5-10-23(25)29-26(32)16-17-27-30(29)24-12-7-11-22-21-15-14-20(19-8-3-2-4-9-19)18-28(21)33(27)31(22)24/h2-18H,1H3. The van der Waals surface area contributed by atoms with E-state index in [1.807, 2.05) is 0 Å². The van der Waals surface area contributed by atoms with Crippen molar-refractivity contribution in [3.8, 4) is 11.1 Å². The quantitative estimate of drug-likeness (QED) is 0.253. The number of fused-ring (bicyclic) bond motifs is 10. The van der Waals surface area contributed by atoms with Gasteiger partial charge in [0.2, 0.25) is 0 Å². The third-order valence-electron chi connectivity index (χ3n) is 7.46. The van der Waals surface area contributed by atoms with Crippen molar-refractivity contribution < 1.29 is 0 Å². The largest absolute Gasteiger partial charge is 0.344 e. The molecule has 0 N–H and O–H groups in total. The minimum atomic E-state index is 1.25. The van der Waals surface area contributed by atoms with Gasteiger partial charge in [-0.15, -0.1) is 0 Å². The smallest absolute Gasteiger partial charge is 0.0620 e. The van der Waals surface area contributed by atoms with Crippen LogP contribution in [0.5, 0.6) is 0 Å². The number of rotatable bonds is 1. The van der Waals surface area contributed by atoms with Gasteiger partial charge < -0.3 is 8.97 Å². The number of hydrogen-bond donors (Lipinski definition) is 0. The predicted molar refractivity (Wildman–Crippen MR) is 141 cm³/mol. The molecule has 0 aliphatic rings. The Balaban J connectivity index is 1.63. The Hall–Kier alpha value is -4.30. The molecular weight excluding hydrogens is 400 g/mol. The fraction of sp³-hybridized carbons (Fsp3) is 0.0323. The second-order valence-corrected chi connectivity index (χ2v) is 9.07. The van der Waals surface area contributed by atoms with Gasteiger partial charge in [0.05, 0.1) is 16.6 Å². The molecule has 0 unspecified atom stereocenters. The zero-order valence-corrected chi connectivity index (χ0v) is 18.2. The Labute approximate surface area is 190 Å². The van der Waals surface area contributed by atoms with E-state index in [-0.39, 0.29) is 0 Å². The van der Waals surface area contributed by atoms with Crippen LogP contribution in [0.2, 0.25) is 0 Å². The molecular formula is C31H20N2. The molecule has 0 saturated heterocycles. The van der Waals surface area contributed by atoms with Gasteiger partial charge in [0.15, 0.2) is 0 Å². The molecule has 33 heavy (non-hydrogen) atoms. The molecule has 0 aliphatic heterocycles. The van der Waals surface area contributed by atoms with Crippen LogP contribution in [0.25, 0.3) is 71.0 Å². The summed E-state index contributed by atoms with van der Waals surface area (Å²) in [7, 11) is 2.18. The van der Waals surface area contributed by atoms with E-state index in [0.29, 0.717) is 0 Å². The first-order valence-electron chi connectivity index (χ1n) is 11.4. The van der Waals surface area contributed by atoms with E-state index in [2.05, 4.69) is 119 Å². The highest BCUT2D eigenvalue weighted by molar-refractivity contribution is 6.32. The molecule has 0 fully saturated rings. The van der Waals surface area contributed by atoms with Crippen LogP contribution < -0.4 is 0 Å². The molecule has 2 nitrogen and oxygen atoms in total. The maximum atomic E-state index is 2.49. The number of aromatic nitrogens is 2. The molecule has 8 aromatic rings. The molecule has 5 aromatic carbocycles. The average molecular weight is 421 g/mol.